The molecule has 0 aliphatic heterocycles. The lowest BCUT2D eigenvalue weighted by Crippen LogP contribution is -2.36. The highest BCUT2D eigenvalue weighted by molar-refractivity contribution is 7.84. The van der Waals surface area contributed by atoms with Crippen molar-refractivity contribution in [2.75, 3.05) is 0 Å². The van der Waals surface area contributed by atoms with Crippen LogP contribution in [0.2, 0.25) is 0 Å². The van der Waals surface area contributed by atoms with Crippen LogP contribution in [0.15, 0.2) is 53.5 Å². The van der Waals surface area contributed by atoms with Crippen LogP contribution in [-0.2, 0) is 11.0 Å². The van der Waals surface area contributed by atoms with E-state index in [1.54, 1.807) is 12.4 Å². The Morgan fingerprint density at radius 3 is 2.52 bits per heavy atom. The normalized spacial score (nSPS) is 14.7. The zero-order chi connectivity index (χ0) is 16.4. The van der Waals surface area contributed by atoms with Gasteiger partial charge in [-0.2, -0.15) is 0 Å². The van der Waals surface area contributed by atoms with Gasteiger partial charge < -0.3 is 4.42 Å². The average Bonchev–Trinajstić information content (AvgIpc) is 2.95. The molecule has 2 atom stereocenters. The SMILES string of the molecule is CC(C)(C)S(=O)NC(c1cncnc1)c1cc2ccccc2o1. The van der Waals surface area contributed by atoms with E-state index in [1.165, 1.54) is 6.33 Å². The van der Waals surface area contributed by atoms with Crippen molar-refractivity contribution in [1.82, 2.24) is 14.7 Å². The molecule has 120 valence electrons. The molecule has 0 aliphatic carbocycles. The van der Waals surface area contributed by atoms with Crippen molar-refractivity contribution in [2.24, 2.45) is 0 Å². The molecule has 3 rings (SSSR count). The van der Waals surface area contributed by atoms with Crippen LogP contribution in [0.5, 0.6) is 0 Å². The lowest BCUT2D eigenvalue weighted by atomic mass is 10.1. The Morgan fingerprint density at radius 1 is 1.17 bits per heavy atom. The quantitative estimate of drug-likeness (QED) is 0.797. The number of hydrogen-bond donors (Lipinski definition) is 1. The van der Waals surface area contributed by atoms with Gasteiger partial charge in [-0.05, 0) is 32.9 Å². The fourth-order valence-corrected chi connectivity index (χ4v) is 3.00. The minimum atomic E-state index is -1.26. The maximum atomic E-state index is 12.6. The van der Waals surface area contributed by atoms with Gasteiger partial charge in [0.1, 0.15) is 23.7 Å². The van der Waals surface area contributed by atoms with Crippen molar-refractivity contribution < 1.29 is 8.63 Å². The number of furan rings is 1. The maximum Gasteiger partial charge on any atom is 0.134 e. The molecule has 0 aliphatic rings. The minimum Gasteiger partial charge on any atom is -0.459 e. The van der Waals surface area contributed by atoms with E-state index < -0.39 is 11.0 Å². The van der Waals surface area contributed by atoms with E-state index in [4.69, 9.17) is 4.42 Å². The number of nitrogens with one attached hydrogen (secondary N) is 1. The van der Waals surface area contributed by atoms with Gasteiger partial charge in [0.25, 0.3) is 0 Å². The van der Waals surface area contributed by atoms with E-state index >= 15 is 0 Å². The number of para-hydroxylation sites is 1. The summed E-state index contributed by atoms with van der Waals surface area (Å²) in [7, 11) is -1.26. The Labute approximate surface area is 137 Å². The molecule has 0 bridgehead atoms. The first-order valence-corrected chi connectivity index (χ1v) is 8.51. The number of hydrogen-bond acceptors (Lipinski definition) is 4. The van der Waals surface area contributed by atoms with Crippen LogP contribution in [0, 0.1) is 0 Å². The highest BCUT2D eigenvalue weighted by Gasteiger charge is 2.27. The number of benzene rings is 1. The summed E-state index contributed by atoms with van der Waals surface area (Å²) >= 11 is 0. The Morgan fingerprint density at radius 2 is 1.87 bits per heavy atom. The Balaban J connectivity index is 2.02. The van der Waals surface area contributed by atoms with Gasteiger partial charge >= 0.3 is 0 Å². The Hall–Kier alpha value is -2.05. The highest BCUT2D eigenvalue weighted by atomic mass is 32.2. The molecule has 1 N–H and O–H groups in total. The van der Waals surface area contributed by atoms with Crippen molar-refractivity contribution in [3.05, 3.63) is 60.4 Å². The van der Waals surface area contributed by atoms with Crippen LogP contribution >= 0.6 is 0 Å². The second-order valence-corrected chi connectivity index (χ2v) is 8.29. The first kappa shape index (κ1) is 15.8. The molecule has 0 amide bonds. The largest absolute Gasteiger partial charge is 0.459 e. The van der Waals surface area contributed by atoms with Crippen LogP contribution < -0.4 is 4.72 Å². The molecule has 0 radical (unpaired) electrons. The van der Waals surface area contributed by atoms with Crippen molar-refractivity contribution in [2.45, 2.75) is 31.6 Å². The maximum absolute atomic E-state index is 12.6. The topological polar surface area (TPSA) is 68.0 Å². The predicted octanol–water partition coefficient (Wildman–Crippen LogP) is 3.36. The van der Waals surface area contributed by atoms with Crippen LogP contribution in [0.25, 0.3) is 11.0 Å². The first-order valence-electron chi connectivity index (χ1n) is 7.36. The molecule has 2 unspecified atom stereocenters. The zero-order valence-electron chi connectivity index (χ0n) is 13.3. The Bertz CT molecular complexity index is 791. The number of rotatable bonds is 4. The fourth-order valence-electron chi connectivity index (χ4n) is 2.18. The molecule has 5 nitrogen and oxygen atoms in total. The van der Waals surface area contributed by atoms with Gasteiger partial charge in [-0.3, -0.25) is 0 Å². The van der Waals surface area contributed by atoms with E-state index in [9.17, 15) is 4.21 Å². The summed E-state index contributed by atoms with van der Waals surface area (Å²) in [5.74, 6) is 0.693. The minimum absolute atomic E-state index is 0.372. The summed E-state index contributed by atoms with van der Waals surface area (Å²) in [6.45, 7) is 5.77. The molecule has 0 spiro atoms. The second-order valence-electron chi connectivity index (χ2n) is 6.29. The number of aromatic nitrogens is 2. The summed E-state index contributed by atoms with van der Waals surface area (Å²) < 4.78 is 21.3. The lowest BCUT2D eigenvalue weighted by molar-refractivity contribution is 0.505. The second kappa shape index (κ2) is 6.22. The standard InChI is InChI=1S/C17H19N3O2S/c1-17(2,3)23(21)20-16(13-9-18-11-19-10-13)15-8-12-6-4-5-7-14(12)22-15/h4-11,16,20H,1-3H3. The van der Waals surface area contributed by atoms with Gasteiger partial charge in [0, 0.05) is 23.3 Å². The molecule has 0 saturated carbocycles. The zero-order valence-corrected chi connectivity index (χ0v) is 14.1. The molecule has 2 aromatic heterocycles. The summed E-state index contributed by atoms with van der Waals surface area (Å²) in [5.41, 5.74) is 1.61. The van der Waals surface area contributed by atoms with Gasteiger partial charge in [-0.25, -0.2) is 18.9 Å². The lowest BCUT2D eigenvalue weighted by Gasteiger charge is -2.23. The van der Waals surface area contributed by atoms with Crippen molar-refractivity contribution in [3.63, 3.8) is 0 Å². The fraction of sp³-hybridized carbons (Fsp3) is 0.294. The molecule has 3 aromatic rings. The smallest absolute Gasteiger partial charge is 0.134 e. The van der Waals surface area contributed by atoms with Gasteiger partial charge in [0.2, 0.25) is 0 Å². The third-order valence-electron chi connectivity index (χ3n) is 3.42. The molecule has 1 aromatic carbocycles. The van der Waals surface area contributed by atoms with E-state index in [0.717, 1.165) is 16.5 Å². The van der Waals surface area contributed by atoms with Crippen LogP contribution in [0.4, 0.5) is 0 Å². The van der Waals surface area contributed by atoms with Crippen LogP contribution in [-0.4, -0.2) is 18.9 Å². The molecular formula is C17H19N3O2S. The van der Waals surface area contributed by atoms with Gasteiger partial charge in [0.15, 0.2) is 0 Å². The number of fused-ring (bicyclic) bond motifs is 1. The van der Waals surface area contributed by atoms with Gasteiger partial charge in [-0.1, -0.05) is 18.2 Å². The van der Waals surface area contributed by atoms with Crippen LogP contribution in [0.3, 0.4) is 0 Å². The molecule has 6 heteroatoms. The average molecular weight is 329 g/mol. The molecular weight excluding hydrogens is 310 g/mol. The first-order chi connectivity index (χ1) is 10.9. The van der Waals surface area contributed by atoms with Crippen molar-refractivity contribution >= 4 is 22.0 Å². The van der Waals surface area contributed by atoms with Crippen molar-refractivity contribution in [3.8, 4) is 0 Å². The number of nitrogens with zero attached hydrogens (tertiary/aromatic N) is 2. The summed E-state index contributed by atoms with van der Waals surface area (Å²) in [5, 5.41) is 1.01. The van der Waals surface area contributed by atoms with E-state index in [2.05, 4.69) is 14.7 Å². The van der Waals surface area contributed by atoms with Gasteiger partial charge in [-0.15, -0.1) is 0 Å². The van der Waals surface area contributed by atoms with E-state index in [0.29, 0.717) is 5.76 Å². The molecule has 0 fully saturated rings. The Kier molecular flexibility index (Phi) is 4.28. The predicted molar refractivity (Wildman–Crippen MR) is 91.1 cm³/mol. The van der Waals surface area contributed by atoms with Crippen LogP contribution in [0.1, 0.15) is 38.1 Å². The molecule has 23 heavy (non-hydrogen) atoms. The highest BCUT2D eigenvalue weighted by Crippen LogP contribution is 2.29. The molecule has 2 heterocycles. The van der Waals surface area contributed by atoms with E-state index in [1.807, 2.05) is 51.1 Å². The van der Waals surface area contributed by atoms with E-state index in [-0.39, 0.29) is 10.8 Å². The van der Waals surface area contributed by atoms with Gasteiger partial charge in [0.05, 0.1) is 15.7 Å². The monoisotopic (exact) mass is 329 g/mol. The third-order valence-corrected chi connectivity index (χ3v) is 4.99. The third kappa shape index (κ3) is 3.48. The molecule has 0 saturated heterocycles. The summed E-state index contributed by atoms with van der Waals surface area (Å²) in [4.78, 5) is 8.13. The summed E-state index contributed by atoms with van der Waals surface area (Å²) in [6.07, 6.45) is 4.88. The summed E-state index contributed by atoms with van der Waals surface area (Å²) in [6, 6.07) is 9.38. The van der Waals surface area contributed by atoms with Crippen molar-refractivity contribution in [1.29, 1.82) is 0 Å².